The van der Waals surface area contributed by atoms with Gasteiger partial charge in [-0.15, -0.1) is 0 Å². The van der Waals surface area contributed by atoms with Gasteiger partial charge < -0.3 is 9.47 Å². The van der Waals surface area contributed by atoms with Crippen LogP contribution < -0.4 is 20.3 Å². The van der Waals surface area contributed by atoms with Crippen LogP contribution >= 0.6 is 0 Å². The Labute approximate surface area is 176 Å². The summed E-state index contributed by atoms with van der Waals surface area (Å²) < 4.78 is 26.7. The average molecular weight is 422 g/mol. The van der Waals surface area contributed by atoms with Gasteiger partial charge in [-0.3, -0.25) is 20.4 Å². The summed E-state index contributed by atoms with van der Waals surface area (Å²) in [7, 11) is 0. The van der Waals surface area contributed by atoms with Crippen LogP contribution in [0.1, 0.15) is 38.5 Å². The number of hydrogen-bond donors (Lipinski definition) is 2. The molecule has 0 atom stereocenters. The summed E-state index contributed by atoms with van der Waals surface area (Å²) in [6.45, 7) is 0.864. The van der Waals surface area contributed by atoms with Crippen molar-refractivity contribution in [2.45, 2.75) is 19.3 Å². The van der Waals surface area contributed by atoms with Crippen molar-refractivity contribution in [3.05, 3.63) is 70.8 Å². The van der Waals surface area contributed by atoms with Crippen molar-refractivity contribution in [2.75, 3.05) is 13.2 Å². The summed E-state index contributed by atoms with van der Waals surface area (Å²) in [4.78, 5) is 25.2. The highest BCUT2D eigenvalue weighted by Crippen LogP contribution is 2.31. The zero-order valence-electron chi connectivity index (χ0n) is 16.5. The maximum absolute atomic E-state index is 14.3. The van der Waals surface area contributed by atoms with Gasteiger partial charge in [0.05, 0.1) is 0 Å². The minimum atomic E-state index is -0.556. The second-order valence-electron chi connectivity index (χ2n) is 7.26. The van der Waals surface area contributed by atoms with Gasteiger partial charge >= 0.3 is 0 Å². The van der Waals surface area contributed by atoms with Crippen LogP contribution in [0, 0.1) is 5.82 Å². The molecule has 0 spiro atoms. The van der Waals surface area contributed by atoms with Crippen molar-refractivity contribution in [3.8, 4) is 17.2 Å². The van der Waals surface area contributed by atoms with E-state index < -0.39 is 17.6 Å². The molecular weight excluding hydrogens is 403 g/mol. The van der Waals surface area contributed by atoms with Gasteiger partial charge in [0.2, 0.25) is 0 Å². The van der Waals surface area contributed by atoms with Crippen molar-refractivity contribution >= 4 is 11.8 Å². The standard InChI is InChI=1S/C22H19FN4O4/c23-15-5-1-2-6-17(15)27-16-7-3-4-14(16)20(26-27)22(29)25-24-21(28)13-8-9-18-19(12-13)31-11-10-30-18/h1-2,5-6,8-9,12H,3-4,7,10-11H2,(H,24,28)(H,25,29). The number of rotatable bonds is 3. The Hall–Kier alpha value is -3.88. The topological polar surface area (TPSA) is 94.5 Å². The molecule has 2 aromatic carbocycles. The first-order valence-electron chi connectivity index (χ1n) is 9.98. The molecule has 31 heavy (non-hydrogen) atoms. The Morgan fingerprint density at radius 3 is 2.58 bits per heavy atom. The second kappa shape index (κ2) is 7.75. The SMILES string of the molecule is O=C(NNC(=O)c1nn(-c2ccccc2F)c2c1CCC2)c1ccc2c(c1)OCCO2. The number of nitrogens with one attached hydrogen (secondary N) is 2. The van der Waals surface area contributed by atoms with E-state index >= 15 is 0 Å². The van der Waals surface area contributed by atoms with Crippen LogP contribution in [0.5, 0.6) is 11.5 Å². The van der Waals surface area contributed by atoms with E-state index in [2.05, 4.69) is 16.0 Å². The molecule has 0 radical (unpaired) electrons. The first kappa shape index (κ1) is 19.1. The smallest absolute Gasteiger partial charge is 0.290 e. The molecule has 0 fully saturated rings. The lowest BCUT2D eigenvalue weighted by molar-refractivity contribution is 0.0842. The number of benzene rings is 2. The van der Waals surface area contributed by atoms with Crippen LogP contribution in [0.2, 0.25) is 0 Å². The normalized spacial score (nSPS) is 14.1. The van der Waals surface area contributed by atoms with Crippen molar-refractivity contribution < 1.29 is 23.5 Å². The zero-order valence-corrected chi connectivity index (χ0v) is 16.5. The van der Waals surface area contributed by atoms with Crippen LogP contribution in [0.4, 0.5) is 4.39 Å². The highest BCUT2D eigenvalue weighted by Gasteiger charge is 2.28. The van der Waals surface area contributed by atoms with Gasteiger partial charge in [-0.1, -0.05) is 12.1 Å². The zero-order chi connectivity index (χ0) is 21.4. The Kier molecular flexibility index (Phi) is 4.78. The molecule has 9 heteroatoms. The summed E-state index contributed by atoms with van der Waals surface area (Å²) in [5.74, 6) is -0.430. The first-order chi connectivity index (χ1) is 15.1. The quantitative estimate of drug-likeness (QED) is 0.632. The molecular formula is C22H19FN4O4. The molecule has 8 nitrogen and oxygen atoms in total. The highest BCUT2D eigenvalue weighted by atomic mass is 19.1. The van der Waals surface area contributed by atoms with E-state index in [0.29, 0.717) is 48.8 Å². The van der Waals surface area contributed by atoms with Crippen molar-refractivity contribution in [2.24, 2.45) is 0 Å². The summed E-state index contributed by atoms with van der Waals surface area (Å²) >= 11 is 0. The molecule has 0 unspecified atom stereocenters. The van der Waals surface area contributed by atoms with Crippen LogP contribution in [0.15, 0.2) is 42.5 Å². The summed E-state index contributed by atoms with van der Waals surface area (Å²) in [6.07, 6.45) is 2.22. The average Bonchev–Trinajstić information content (AvgIpc) is 3.40. The van der Waals surface area contributed by atoms with Crippen molar-refractivity contribution in [1.82, 2.24) is 20.6 Å². The number of halogens is 1. The van der Waals surface area contributed by atoms with E-state index in [0.717, 1.165) is 17.7 Å². The molecule has 0 saturated heterocycles. The van der Waals surface area contributed by atoms with Gasteiger partial charge in [-0.25, -0.2) is 9.07 Å². The minimum Gasteiger partial charge on any atom is -0.486 e. The number of fused-ring (bicyclic) bond motifs is 2. The minimum absolute atomic E-state index is 0.179. The fourth-order valence-electron chi connectivity index (χ4n) is 3.87. The summed E-state index contributed by atoms with van der Waals surface area (Å²) in [5.41, 5.74) is 7.17. The summed E-state index contributed by atoms with van der Waals surface area (Å²) in [5, 5.41) is 4.35. The third-order valence-corrected chi connectivity index (χ3v) is 5.32. The molecule has 0 bridgehead atoms. The lowest BCUT2D eigenvalue weighted by atomic mass is 10.2. The monoisotopic (exact) mass is 422 g/mol. The maximum atomic E-state index is 14.3. The molecule has 5 rings (SSSR count). The van der Waals surface area contributed by atoms with E-state index in [9.17, 15) is 14.0 Å². The van der Waals surface area contributed by atoms with Gasteiger partial charge in [-0.2, -0.15) is 5.10 Å². The predicted molar refractivity (Wildman–Crippen MR) is 108 cm³/mol. The summed E-state index contributed by atoms with van der Waals surface area (Å²) in [6, 6.07) is 11.1. The van der Waals surface area contributed by atoms with Gasteiger partial charge in [0.25, 0.3) is 11.8 Å². The number of para-hydroxylation sites is 1. The third-order valence-electron chi connectivity index (χ3n) is 5.32. The number of hydrogen-bond acceptors (Lipinski definition) is 5. The van der Waals surface area contributed by atoms with Crippen LogP contribution in [0.25, 0.3) is 5.69 Å². The maximum Gasteiger partial charge on any atom is 0.290 e. The molecule has 0 saturated carbocycles. The lowest BCUT2D eigenvalue weighted by Crippen LogP contribution is -2.42. The third kappa shape index (κ3) is 3.48. The first-order valence-corrected chi connectivity index (χ1v) is 9.98. The van der Waals surface area contributed by atoms with Crippen molar-refractivity contribution in [1.29, 1.82) is 0 Å². The lowest BCUT2D eigenvalue weighted by Gasteiger charge is -2.18. The fraction of sp³-hybridized carbons (Fsp3) is 0.227. The molecule has 2 amide bonds. The van der Waals surface area contributed by atoms with E-state index in [4.69, 9.17) is 9.47 Å². The van der Waals surface area contributed by atoms with Gasteiger partial charge in [0.1, 0.15) is 24.7 Å². The predicted octanol–water partition coefficient (Wildman–Crippen LogP) is 2.35. The van der Waals surface area contributed by atoms with E-state index in [1.807, 2.05) is 0 Å². The number of carbonyl (C=O) groups is 2. The van der Waals surface area contributed by atoms with E-state index in [-0.39, 0.29) is 5.69 Å². The fourth-order valence-corrected chi connectivity index (χ4v) is 3.87. The van der Waals surface area contributed by atoms with Crippen LogP contribution in [-0.2, 0) is 12.8 Å². The Morgan fingerprint density at radius 1 is 0.968 bits per heavy atom. The molecule has 2 aliphatic rings. The molecule has 1 aromatic heterocycles. The molecule has 1 aliphatic carbocycles. The highest BCUT2D eigenvalue weighted by molar-refractivity contribution is 5.99. The Morgan fingerprint density at radius 2 is 1.74 bits per heavy atom. The van der Waals surface area contributed by atoms with E-state index in [1.54, 1.807) is 36.4 Å². The van der Waals surface area contributed by atoms with E-state index in [1.165, 1.54) is 10.7 Å². The Bertz CT molecular complexity index is 1190. The van der Waals surface area contributed by atoms with Crippen LogP contribution in [-0.4, -0.2) is 34.8 Å². The number of amides is 2. The molecule has 2 N–H and O–H groups in total. The van der Waals surface area contributed by atoms with Gasteiger partial charge in [-0.05, 0) is 49.6 Å². The van der Waals surface area contributed by atoms with Gasteiger partial charge in [0, 0.05) is 16.8 Å². The van der Waals surface area contributed by atoms with Crippen LogP contribution in [0.3, 0.4) is 0 Å². The van der Waals surface area contributed by atoms with Crippen molar-refractivity contribution in [3.63, 3.8) is 0 Å². The number of nitrogens with zero attached hydrogens (tertiary/aromatic N) is 2. The van der Waals surface area contributed by atoms with Gasteiger partial charge in [0.15, 0.2) is 17.2 Å². The number of carbonyl (C=O) groups excluding carboxylic acids is 2. The molecule has 2 heterocycles. The molecule has 158 valence electrons. The molecule has 3 aromatic rings. The number of ether oxygens (including phenoxy) is 2. The largest absolute Gasteiger partial charge is 0.486 e. The number of hydrazine groups is 1. The number of aromatic nitrogens is 2. The Balaban J connectivity index is 1.34. The second-order valence-corrected chi connectivity index (χ2v) is 7.26. The molecule has 1 aliphatic heterocycles.